The average molecular weight is 277 g/mol. The van der Waals surface area contributed by atoms with E-state index in [1.807, 2.05) is 6.92 Å². The second kappa shape index (κ2) is 4.89. The number of nitrogen functional groups attached to an aromatic ring is 1. The lowest BCUT2D eigenvalue weighted by Gasteiger charge is -2.12. The number of rotatable bonds is 3. The molecular formula is C13H15N3O2S. The van der Waals surface area contributed by atoms with Crippen LogP contribution in [0.5, 0.6) is 0 Å². The highest BCUT2D eigenvalue weighted by atomic mass is 32.2. The van der Waals surface area contributed by atoms with Gasteiger partial charge in [0.2, 0.25) is 0 Å². The first-order chi connectivity index (χ1) is 8.90. The summed E-state index contributed by atoms with van der Waals surface area (Å²) in [5.41, 5.74) is 8.05. The van der Waals surface area contributed by atoms with Gasteiger partial charge in [-0.15, -0.1) is 0 Å². The molecule has 100 valence electrons. The van der Waals surface area contributed by atoms with E-state index in [0.29, 0.717) is 16.9 Å². The number of hydrogen-bond acceptors (Lipinski definition) is 4. The summed E-state index contributed by atoms with van der Waals surface area (Å²) < 4.78 is 27.1. The topological polar surface area (TPSA) is 85.1 Å². The zero-order valence-corrected chi connectivity index (χ0v) is 11.5. The maximum atomic E-state index is 12.3. The Morgan fingerprint density at radius 3 is 2.53 bits per heavy atom. The highest BCUT2D eigenvalue weighted by Crippen LogP contribution is 2.22. The van der Waals surface area contributed by atoms with Gasteiger partial charge < -0.3 is 5.73 Å². The highest BCUT2D eigenvalue weighted by molar-refractivity contribution is 7.92. The fourth-order valence-electron chi connectivity index (χ4n) is 1.74. The van der Waals surface area contributed by atoms with Crippen molar-refractivity contribution < 1.29 is 8.42 Å². The van der Waals surface area contributed by atoms with Gasteiger partial charge in [0, 0.05) is 11.9 Å². The molecule has 1 aromatic carbocycles. The Bertz CT molecular complexity index is 712. The van der Waals surface area contributed by atoms with Crippen LogP contribution in [-0.2, 0) is 10.0 Å². The summed E-state index contributed by atoms with van der Waals surface area (Å²) >= 11 is 0. The van der Waals surface area contributed by atoms with Crippen molar-refractivity contribution in [3.8, 4) is 0 Å². The van der Waals surface area contributed by atoms with Crippen LogP contribution in [0.25, 0.3) is 0 Å². The number of anilines is 2. The van der Waals surface area contributed by atoms with E-state index in [-0.39, 0.29) is 4.90 Å². The molecule has 0 aliphatic heterocycles. The summed E-state index contributed by atoms with van der Waals surface area (Å²) in [4.78, 5) is 4.13. The van der Waals surface area contributed by atoms with Crippen molar-refractivity contribution >= 4 is 21.4 Å². The molecule has 19 heavy (non-hydrogen) atoms. The largest absolute Gasteiger partial charge is 0.399 e. The summed E-state index contributed by atoms with van der Waals surface area (Å²) in [5, 5.41) is 0. The predicted molar refractivity (Wildman–Crippen MR) is 75.4 cm³/mol. The van der Waals surface area contributed by atoms with Gasteiger partial charge in [-0.2, -0.15) is 0 Å². The Morgan fingerprint density at radius 2 is 1.89 bits per heavy atom. The van der Waals surface area contributed by atoms with Gasteiger partial charge in [0.15, 0.2) is 0 Å². The predicted octanol–water partition coefficient (Wildman–Crippen LogP) is 2.08. The summed E-state index contributed by atoms with van der Waals surface area (Å²) in [6, 6.07) is 6.44. The van der Waals surface area contributed by atoms with Crippen molar-refractivity contribution in [3.63, 3.8) is 0 Å². The molecule has 0 saturated heterocycles. The number of aryl methyl sites for hydroxylation is 2. The highest BCUT2D eigenvalue weighted by Gasteiger charge is 2.17. The van der Waals surface area contributed by atoms with Crippen molar-refractivity contribution in [1.29, 1.82) is 0 Å². The summed E-state index contributed by atoms with van der Waals surface area (Å²) in [6.07, 6.45) is 3.10. The lowest BCUT2D eigenvalue weighted by atomic mass is 10.2. The molecule has 0 bridgehead atoms. The number of hydrogen-bond donors (Lipinski definition) is 2. The van der Waals surface area contributed by atoms with Gasteiger partial charge in [0.1, 0.15) is 0 Å². The average Bonchev–Trinajstić information content (AvgIpc) is 2.31. The third kappa shape index (κ3) is 2.85. The van der Waals surface area contributed by atoms with E-state index in [9.17, 15) is 8.42 Å². The molecule has 0 amide bonds. The number of sulfonamides is 1. The molecule has 5 nitrogen and oxygen atoms in total. The van der Waals surface area contributed by atoms with Crippen LogP contribution in [0.15, 0.2) is 41.6 Å². The van der Waals surface area contributed by atoms with Crippen molar-refractivity contribution in [1.82, 2.24) is 4.98 Å². The van der Waals surface area contributed by atoms with Crippen molar-refractivity contribution in [2.24, 2.45) is 0 Å². The number of pyridine rings is 1. The van der Waals surface area contributed by atoms with E-state index in [0.717, 1.165) is 5.56 Å². The van der Waals surface area contributed by atoms with Crippen LogP contribution in [0.2, 0.25) is 0 Å². The van der Waals surface area contributed by atoms with Gasteiger partial charge >= 0.3 is 0 Å². The van der Waals surface area contributed by atoms with Crippen molar-refractivity contribution in [3.05, 3.63) is 47.8 Å². The van der Waals surface area contributed by atoms with Gasteiger partial charge in [-0.25, -0.2) is 8.42 Å². The molecule has 0 fully saturated rings. The number of aromatic nitrogens is 1. The Balaban J connectivity index is 2.41. The van der Waals surface area contributed by atoms with Crippen LogP contribution in [-0.4, -0.2) is 13.4 Å². The zero-order chi connectivity index (χ0) is 14.0. The number of benzene rings is 1. The number of nitrogens with zero attached hydrogens (tertiary/aromatic N) is 1. The molecule has 0 spiro atoms. The van der Waals surface area contributed by atoms with Gasteiger partial charge in [0.05, 0.1) is 16.8 Å². The Labute approximate surface area is 112 Å². The first-order valence-corrected chi connectivity index (χ1v) is 7.18. The molecule has 0 unspecified atom stereocenters. The first kappa shape index (κ1) is 13.4. The maximum absolute atomic E-state index is 12.3. The zero-order valence-electron chi connectivity index (χ0n) is 10.7. The number of nitrogens with two attached hydrogens (primary N) is 1. The molecule has 1 aromatic heterocycles. The molecule has 0 aliphatic carbocycles. The molecular weight excluding hydrogens is 262 g/mol. The monoisotopic (exact) mass is 277 g/mol. The smallest absolute Gasteiger partial charge is 0.262 e. The summed E-state index contributed by atoms with van der Waals surface area (Å²) in [6.45, 7) is 3.52. The Hall–Kier alpha value is -2.08. The van der Waals surface area contributed by atoms with Crippen LogP contribution in [0.1, 0.15) is 11.1 Å². The SMILES string of the molecule is Cc1ccncc1NS(=O)(=O)c1ccc(N)cc1C. The third-order valence-electron chi connectivity index (χ3n) is 2.77. The minimum absolute atomic E-state index is 0.213. The first-order valence-electron chi connectivity index (χ1n) is 5.70. The fraction of sp³-hybridized carbons (Fsp3) is 0.154. The van der Waals surface area contributed by atoms with E-state index in [1.165, 1.54) is 12.3 Å². The van der Waals surface area contributed by atoms with Gasteiger partial charge in [0.25, 0.3) is 10.0 Å². The quantitative estimate of drug-likeness (QED) is 0.841. The molecule has 6 heteroatoms. The fourth-order valence-corrected chi connectivity index (χ4v) is 3.09. The standard InChI is InChI=1S/C13H15N3O2S/c1-9-5-6-15-8-12(9)16-19(17,18)13-4-3-11(14)7-10(13)2/h3-8,16H,14H2,1-2H3. The van der Waals surface area contributed by atoms with Gasteiger partial charge in [-0.1, -0.05) is 0 Å². The molecule has 1 heterocycles. The minimum atomic E-state index is -3.63. The third-order valence-corrected chi connectivity index (χ3v) is 4.30. The van der Waals surface area contributed by atoms with Crippen LogP contribution in [0.3, 0.4) is 0 Å². The normalized spacial score (nSPS) is 11.3. The molecule has 2 rings (SSSR count). The van der Waals surface area contributed by atoms with Gasteiger partial charge in [-0.3, -0.25) is 9.71 Å². The Kier molecular flexibility index (Phi) is 3.44. The minimum Gasteiger partial charge on any atom is -0.399 e. The van der Waals surface area contributed by atoms with Gasteiger partial charge in [-0.05, 0) is 49.2 Å². The lowest BCUT2D eigenvalue weighted by Crippen LogP contribution is -2.15. The van der Waals surface area contributed by atoms with E-state index in [1.54, 1.807) is 31.3 Å². The molecule has 3 N–H and O–H groups in total. The number of nitrogens with one attached hydrogen (secondary N) is 1. The Morgan fingerprint density at radius 1 is 1.16 bits per heavy atom. The van der Waals surface area contributed by atoms with E-state index < -0.39 is 10.0 Å². The van der Waals surface area contributed by atoms with Crippen LogP contribution < -0.4 is 10.5 Å². The van der Waals surface area contributed by atoms with Crippen LogP contribution in [0, 0.1) is 13.8 Å². The maximum Gasteiger partial charge on any atom is 0.262 e. The molecule has 0 atom stereocenters. The second-order valence-electron chi connectivity index (χ2n) is 4.32. The van der Waals surface area contributed by atoms with E-state index in [2.05, 4.69) is 9.71 Å². The van der Waals surface area contributed by atoms with Crippen LogP contribution >= 0.6 is 0 Å². The second-order valence-corrected chi connectivity index (χ2v) is 5.97. The summed E-state index contributed by atoms with van der Waals surface area (Å²) in [7, 11) is -3.63. The lowest BCUT2D eigenvalue weighted by molar-refractivity contribution is 0.600. The summed E-state index contributed by atoms with van der Waals surface area (Å²) in [5.74, 6) is 0. The van der Waals surface area contributed by atoms with Crippen molar-refractivity contribution in [2.75, 3.05) is 10.5 Å². The van der Waals surface area contributed by atoms with Crippen LogP contribution in [0.4, 0.5) is 11.4 Å². The molecule has 2 aromatic rings. The van der Waals surface area contributed by atoms with E-state index >= 15 is 0 Å². The molecule has 0 saturated carbocycles. The van der Waals surface area contributed by atoms with Crippen molar-refractivity contribution in [2.45, 2.75) is 18.7 Å². The molecule has 0 radical (unpaired) electrons. The van der Waals surface area contributed by atoms with E-state index in [4.69, 9.17) is 5.73 Å². The molecule has 0 aliphatic rings.